The number of methoxy groups -OCH3 is 1. The van der Waals surface area contributed by atoms with E-state index in [0.717, 1.165) is 5.56 Å². The minimum atomic E-state index is -0.340. The van der Waals surface area contributed by atoms with Gasteiger partial charge < -0.3 is 4.74 Å². The highest BCUT2D eigenvalue weighted by Crippen LogP contribution is 2.23. The summed E-state index contributed by atoms with van der Waals surface area (Å²) in [5.41, 5.74) is 0.639. The summed E-state index contributed by atoms with van der Waals surface area (Å²) in [5.74, 6) is -0.217. The summed E-state index contributed by atoms with van der Waals surface area (Å²) in [6.07, 6.45) is 0. The van der Waals surface area contributed by atoms with Crippen molar-refractivity contribution in [2.24, 2.45) is 0 Å². The van der Waals surface area contributed by atoms with Crippen molar-refractivity contribution in [3.05, 3.63) is 35.6 Å². The predicted molar refractivity (Wildman–Crippen MR) is 46.4 cm³/mol. The third-order valence-corrected chi connectivity index (χ3v) is 2.05. The topological polar surface area (TPSA) is 9.23 Å². The van der Waals surface area contributed by atoms with Gasteiger partial charge in [0, 0.05) is 7.11 Å². The molecule has 0 heterocycles. The lowest BCUT2D eigenvalue weighted by Crippen LogP contribution is -2.19. The van der Waals surface area contributed by atoms with E-state index < -0.39 is 0 Å². The van der Waals surface area contributed by atoms with Gasteiger partial charge in [0.05, 0.1) is 5.60 Å². The molecule has 1 aromatic rings. The van der Waals surface area contributed by atoms with Crippen LogP contribution < -0.4 is 0 Å². The minimum Gasteiger partial charge on any atom is -0.374 e. The maximum Gasteiger partial charge on any atom is 0.123 e. The van der Waals surface area contributed by atoms with Crippen LogP contribution in [0.25, 0.3) is 0 Å². The monoisotopic (exact) mass is 168 g/mol. The molecule has 0 aliphatic carbocycles. The Bertz CT molecular complexity index is 251. The van der Waals surface area contributed by atoms with Gasteiger partial charge in [0.1, 0.15) is 5.82 Å². The Kier molecular flexibility index (Phi) is 2.48. The van der Waals surface area contributed by atoms with Crippen molar-refractivity contribution in [3.8, 4) is 0 Å². The molecule has 0 bridgehead atoms. The van der Waals surface area contributed by atoms with E-state index in [0.29, 0.717) is 0 Å². The molecular formula is C10H13FO. The molecule has 0 saturated carbocycles. The molecule has 0 fully saturated rings. The Hall–Kier alpha value is -0.890. The first-order valence-corrected chi connectivity index (χ1v) is 3.87. The summed E-state index contributed by atoms with van der Waals surface area (Å²) in [6, 6.07) is 6.35. The normalized spacial score (nSPS) is 11.7. The number of hydrogen-bond donors (Lipinski definition) is 0. The van der Waals surface area contributed by atoms with Crippen LogP contribution >= 0.6 is 0 Å². The molecule has 0 N–H and O–H groups in total. The Morgan fingerprint density at radius 2 is 1.67 bits per heavy atom. The van der Waals surface area contributed by atoms with Gasteiger partial charge in [-0.3, -0.25) is 0 Å². The first-order chi connectivity index (χ1) is 5.56. The van der Waals surface area contributed by atoms with Crippen molar-refractivity contribution in [1.82, 2.24) is 0 Å². The summed E-state index contributed by atoms with van der Waals surface area (Å²) >= 11 is 0. The molecule has 1 rings (SSSR count). The molecule has 66 valence electrons. The van der Waals surface area contributed by atoms with E-state index >= 15 is 0 Å². The SMILES string of the molecule is COC(C)(C)c1ccc(F)cc1. The minimum absolute atomic E-state index is 0.217. The average Bonchev–Trinajstić information content (AvgIpc) is 2.05. The number of halogens is 1. The molecular weight excluding hydrogens is 155 g/mol. The van der Waals surface area contributed by atoms with Gasteiger partial charge in [0.25, 0.3) is 0 Å². The quantitative estimate of drug-likeness (QED) is 0.659. The van der Waals surface area contributed by atoms with Crippen LogP contribution in [-0.2, 0) is 10.3 Å². The van der Waals surface area contributed by atoms with Crippen molar-refractivity contribution in [1.29, 1.82) is 0 Å². The van der Waals surface area contributed by atoms with Gasteiger partial charge in [0.15, 0.2) is 0 Å². The zero-order valence-electron chi connectivity index (χ0n) is 7.60. The van der Waals surface area contributed by atoms with Crippen LogP contribution in [0.2, 0.25) is 0 Å². The maximum absolute atomic E-state index is 12.5. The highest BCUT2D eigenvalue weighted by Gasteiger charge is 2.18. The average molecular weight is 168 g/mol. The molecule has 2 heteroatoms. The van der Waals surface area contributed by atoms with Gasteiger partial charge in [-0.05, 0) is 31.5 Å². The second-order valence-corrected chi connectivity index (χ2v) is 3.22. The van der Waals surface area contributed by atoms with Crippen molar-refractivity contribution < 1.29 is 9.13 Å². The Morgan fingerprint density at radius 3 is 2.08 bits per heavy atom. The largest absolute Gasteiger partial charge is 0.374 e. The van der Waals surface area contributed by atoms with Crippen LogP contribution in [0.5, 0.6) is 0 Å². The Labute approximate surface area is 72.2 Å². The fraction of sp³-hybridized carbons (Fsp3) is 0.400. The van der Waals surface area contributed by atoms with Crippen LogP contribution in [0.3, 0.4) is 0 Å². The van der Waals surface area contributed by atoms with E-state index in [1.54, 1.807) is 19.2 Å². The molecule has 12 heavy (non-hydrogen) atoms. The van der Waals surface area contributed by atoms with Crippen molar-refractivity contribution >= 4 is 0 Å². The molecule has 0 aliphatic rings. The van der Waals surface area contributed by atoms with E-state index in [1.807, 2.05) is 13.8 Å². The van der Waals surface area contributed by atoms with Gasteiger partial charge in [-0.2, -0.15) is 0 Å². The van der Waals surface area contributed by atoms with E-state index in [4.69, 9.17) is 4.74 Å². The van der Waals surface area contributed by atoms with Gasteiger partial charge in [0.2, 0.25) is 0 Å². The summed E-state index contributed by atoms with van der Waals surface area (Å²) in [5, 5.41) is 0. The zero-order valence-corrected chi connectivity index (χ0v) is 7.60. The van der Waals surface area contributed by atoms with Gasteiger partial charge in [-0.25, -0.2) is 4.39 Å². The van der Waals surface area contributed by atoms with Gasteiger partial charge in [-0.15, -0.1) is 0 Å². The first kappa shape index (κ1) is 9.20. The summed E-state index contributed by atoms with van der Waals surface area (Å²) in [4.78, 5) is 0. The smallest absolute Gasteiger partial charge is 0.123 e. The van der Waals surface area contributed by atoms with E-state index in [-0.39, 0.29) is 11.4 Å². The zero-order chi connectivity index (χ0) is 9.19. The molecule has 0 aromatic heterocycles. The number of hydrogen-bond acceptors (Lipinski definition) is 1. The molecule has 1 nitrogen and oxygen atoms in total. The summed E-state index contributed by atoms with van der Waals surface area (Å²) < 4.78 is 17.8. The molecule has 0 spiro atoms. The lowest BCUT2D eigenvalue weighted by atomic mass is 9.98. The Morgan fingerprint density at radius 1 is 1.17 bits per heavy atom. The number of rotatable bonds is 2. The molecule has 0 radical (unpaired) electrons. The van der Waals surface area contributed by atoms with Crippen LogP contribution in [-0.4, -0.2) is 7.11 Å². The van der Waals surface area contributed by atoms with Crippen LogP contribution in [0.15, 0.2) is 24.3 Å². The van der Waals surface area contributed by atoms with Crippen molar-refractivity contribution in [2.45, 2.75) is 19.4 Å². The molecule has 0 aliphatic heterocycles. The van der Waals surface area contributed by atoms with E-state index in [9.17, 15) is 4.39 Å². The standard InChI is InChI=1S/C10H13FO/c1-10(2,12-3)8-4-6-9(11)7-5-8/h4-7H,1-3H3. The molecule has 0 amide bonds. The molecule has 0 saturated heterocycles. The van der Waals surface area contributed by atoms with Crippen molar-refractivity contribution in [3.63, 3.8) is 0 Å². The van der Waals surface area contributed by atoms with Gasteiger partial charge in [-0.1, -0.05) is 12.1 Å². The maximum atomic E-state index is 12.5. The lowest BCUT2D eigenvalue weighted by molar-refractivity contribution is 0.0192. The second-order valence-electron chi connectivity index (χ2n) is 3.22. The highest BCUT2D eigenvalue weighted by molar-refractivity contribution is 5.21. The van der Waals surface area contributed by atoms with Crippen molar-refractivity contribution in [2.75, 3.05) is 7.11 Å². The van der Waals surface area contributed by atoms with Gasteiger partial charge >= 0.3 is 0 Å². The molecule has 0 atom stereocenters. The Balaban J connectivity index is 2.96. The molecule has 1 aromatic carbocycles. The molecule has 0 unspecified atom stereocenters. The van der Waals surface area contributed by atoms with E-state index in [1.165, 1.54) is 12.1 Å². The summed E-state index contributed by atoms with van der Waals surface area (Å²) in [6.45, 7) is 3.89. The number of ether oxygens (including phenoxy) is 1. The third kappa shape index (κ3) is 1.83. The lowest BCUT2D eigenvalue weighted by Gasteiger charge is -2.23. The summed E-state index contributed by atoms with van der Waals surface area (Å²) in [7, 11) is 1.64. The van der Waals surface area contributed by atoms with Crippen LogP contribution in [0, 0.1) is 5.82 Å². The highest BCUT2D eigenvalue weighted by atomic mass is 19.1. The fourth-order valence-corrected chi connectivity index (χ4v) is 0.969. The van der Waals surface area contributed by atoms with Crippen LogP contribution in [0.1, 0.15) is 19.4 Å². The number of benzene rings is 1. The first-order valence-electron chi connectivity index (χ1n) is 3.87. The van der Waals surface area contributed by atoms with Crippen LogP contribution in [0.4, 0.5) is 4.39 Å². The van der Waals surface area contributed by atoms with E-state index in [2.05, 4.69) is 0 Å². The predicted octanol–water partition coefficient (Wildman–Crippen LogP) is 2.71. The second kappa shape index (κ2) is 3.23. The fourth-order valence-electron chi connectivity index (χ4n) is 0.969. The third-order valence-electron chi connectivity index (χ3n) is 2.05.